The Bertz CT molecular complexity index is 927. The van der Waals surface area contributed by atoms with E-state index in [2.05, 4.69) is 41.4 Å². The second-order valence-electron chi connectivity index (χ2n) is 8.30. The number of amides is 2. The number of piperidine rings is 1. The zero-order valence-corrected chi connectivity index (χ0v) is 18.9. The molecule has 8 nitrogen and oxygen atoms in total. The van der Waals surface area contributed by atoms with Gasteiger partial charge in [-0.2, -0.15) is 0 Å². The number of alkyl halides is 1. The molecule has 164 valence electrons. The summed E-state index contributed by atoms with van der Waals surface area (Å²) in [6.45, 7) is 6.14. The topological polar surface area (TPSA) is 99.3 Å². The van der Waals surface area contributed by atoms with Gasteiger partial charge in [0.05, 0.1) is 34.3 Å². The minimum atomic E-state index is -0.715. The highest BCUT2D eigenvalue weighted by molar-refractivity contribution is 9.10. The van der Waals surface area contributed by atoms with Crippen LogP contribution in [-0.2, 0) is 9.53 Å². The van der Waals surface area contributed by atoms with Crippen LogP contribution in [-0.4, -0.2) is 53.4 Å². The predicted molar refractivity (Wildman–Crippen MR) is 118 cm³/mol. The van der Waals surface area contributed by atoms with Gasteiger partial charge in [-0.25, -0.2) is 9.78 Å². The lowest BCUT2D eigenvalue weighted by Crippen LogP contribution is -2.49. The van der Waals surface area contributed by atoms with E-state index in [1.807, 2.05) is 20.8 Å². The molecule has 2 aromatic heterocycles. The van der Waals surface area contributed by atoms with Gasteiger partial charge in [-0.1, -0.05) is 0 Å². The quantitative estimate of drug-likeness (QED) is 0.593. The normalized spacial score (nSPS) is 17.1. The average Bonchev–Trinajstić information content (AvgIpc) is 3.03. The molecule has 0 spiro atoms. The van der Waals surface area contributed by atoms with Gasteiger partial charge in [0.1, 0.15) is 11.2 Å². The second kappa shape index (κ2) is 9.20. The summed E-state index contributed by atoms with van der Waals surface area (Å²) in [4.78, 5) is 33.7. The Balaban J connectivity index is 1.84. The molecule has 3 heterocycles. The first-order valence-electron chi connectivity index (χ1n) is 9.94. The summed E-state index contributed by atoms with van der Waals surface area (Å²) < 4.78 is 18.7. The molecule has 1 atom stereocenters. The number of hydrogen-bond donors (Lipinski definition) is 3. The van der Waals surface area contributed by atoms with Gasteiger partial charge in [-0.15, -0.1) is 0 Å². The van der Waals surface area contributed by atoms with Crippen molar-refractivity contribution in [3.63, 3.8) is 0 Å². The standard InChI is InChI=1S/C20H27BrFN5O3/c1-20(2,3)30-19(29)25-12-5-4-8-27(11-12)17-13(21)9-23-18-16(17)14(10-24-18)26-15(28)6-7-22/h9-10,12H,4-8,11H2,1-3H3,(H,23,24)(H,25,29)(H,26,28)/t12-/m1/s1. The summed E-state index contributed by atoms with van der Waals surface area (Å²) in [5, 5.41) is 6.45. The number of nitrogens with one attached hydrogen (secondary N) is 3. The largest absolute Gasteiger partial charge is 0.444 e. The fourth-order valence-corrected chi connectivity index (χ4v) is 4.09. The zero-order valence-electron chi connectivity index (χ0n) is 17.3. The Hall–Kier alpha value is -2.36. The number of pyridine rings is 1. The van der Waals surface area contributed by atoms with E-state index in [1.165, 1.54) is 0 Å². The van der Waals surface area contributed by atoms with Crippen LogP contribution in [0.1, 0.15) is 40.0 Å². The number of carbonyl (C=O) groups excluding carboxylic acids is 2. The highest BCUT2D eigenvalue weighted by Crippen LogP contribution is 2.39. The van der Waals surface area contributed by atoms with Crippen molar-refractivity contribution in [2.75, 3.05) is 30.0 Å². The number of alkyl carbamates (subject to hydrolysis) is 1. The second-order valence-corrected chi connectivity index (χ2v) is 9.15. The van der Waals surface area contributed by atoms with E-state index in [-0.39, 0.29) is 12.5 Å². The van der Waals surface area contributed by atoms with E-state index < -0.39 is 24.3 Å². The van der Waals surface area contributed by atoms with Crippen LogP contribution in [0.5, 0.6) is 0 Å². The molecule has 1 aliphatic rings. The molecule has 3 rings (SSSR count). The van der Waals surface area contributed by atoms with Crippen LogP contribution < -0.4 is 15.5 Å². The van der Waals surface area contributed by atoms with Crippen LogP contribution in [0.2, 0.25) is 0 Å². The molecule has 0 aliphatic carbocycles. The summed E-state index contributed by atoms with van der Waals surface area (Å²) >= 11 is 3.58. The fraction of sp³-hybridized carbons (Fsp3) is 0.550. The molecule has 0 aromatic carbocycles. The van der Waals surface area contributed by atoms with Crippen LogP contribution in [0.15, 0.2) is 16.9 Å². The van der Waals surface area contributed by atoms with Gasteiger partial charge in [-0.3, -0.25) is 9.18 Å². The number of rotatable bonds is 5. The Labute approximate surface area is 183 Å². The SMILES string of the molecule is CC(C)(C)OC(=O)N[C@@H]1CCCN(c2c(Br)cnc3[nH]cc(NC(=O)CCF)c23)C1. The van der Waals surface area contributed by atoms with Gasteiger partial charge < -0.3 is 25.3 Å². The summed E-state index contributed by atoms with van der Waals surface area (Å²) in [6, 6.07) is -0.0766. The van der Waals surface area contributed by atoms with Crippen molar-refractivity contribution in [3.8, 4) is 0 Å². The molecule has 2 aromatic rings. The zero-order chi connectivity index (χ0) is 21.9. The van der Waals surface area contributed by atoms with Gasteiger partial charge in [-0.05, 0) is 49.5 Å². The minimum absolute atomic E-state index is 0.0766. The number of carbonyl (C=O) groups is 2. The molecule has 30 heavy (non-hydrogen) atoms. The summed E-state index contributed by atoms with van der Waals surface area (Å²) in [5.41, 5.74) is 1.48. The molecular weight excluding hydrogens is 457 g/mol. The van der Waals surface area contributed by atoms with Crippen LogP contribution in [0.25, 0.3) is 11.0 Å². The van der Waals surface area contributed by atoms with Crippen LogP contribution in [0, 0.1) is 0 Å². The van der Waals surface area contributed by atoms with Gasteiger partial charge in [0.2, 0.25) is 5.91 Å². The molecule has 1 fully saturated rings. The molecule has 2 amide bonds. The third-order valence-electron chi connectivity index (χ3n) is 4.68. The number of halogens is 2. The Kier molecular flexibility index (Phi) is 6.84. The van der Waals surface area contributed by atoms with Gasteiger partial charge in [0, 0.05) is 31.5 Å². The molecule has 1 saturated heterocycles. The van der Waals surface area contributed by atoms with Crippen LogP contribution in [0.3, 0.4) is 0 Å². The summed E-state index contributed by atoms with van der Waals surface area (Å²) in [5.74, 6) is -0.396. The number of ether oxygens (including phenoxy) is 1. The van der Waals surface area contributed by atoms with Gasteiger partial charge in [0.15, 0.2) is 0 Å². The Morgan fingerprint density at radius 3 is 2.90 bits per heavy atom. The third kappa shape index (κ3) is 5.41. The number of nitrogens with zero attached hydrogens (tertiary/aromatic N) is 2. The molecule has 0 bridgehead atoms. The first-order valence-corrected chi connectivity index (χ1v) is 10.7. The van der Waals surface area contributed by atoms with E-state index in [1.54, 1.807) is 12.4 Å². The van der Waals surface area contributed by atoms with Crippen molar-refractivity contribution in [1.82, 2.24) is 15.3 Å². The van der Waals surface area contributed by atoms with Gasteiger partial charge in [0.25, 0.3) is 0 Å². The lowest BCUT2D eigenvalue weighted by Gasteiger charge is -2.36. The maximum Gasteiger partial charge on any atom is 0.407 e. The Morgan fingerprint density at radius 1 is 1.43 bits per heavy atom. The average molecular weight is 484 g/mol. The third-order valence-corrected chi connectivity index (χ3v) is 5.26. The minimum Gasteiger partial charge on any atom is -0.444 e. The van der Waals surface area contributed by atoms with Crippen LogP contribution >= 0.6 is 15.9 Å². The predicted octanol–water partition coefficient (Wildman–Crippen LogP) is 4.12. The number of H-pyrrole nitrogens is 1. The lowest BCUT2D eigenvalue weighted by atomic mass is 10.0. The fourth-order valence-electron chi connectivity index (χ4n) is 3.53. The highest BCUT2D eigenvalue weighted by Gasteiger charge is 2.27. The van der Waals surface area contributed by atoms with Crippen molar-refractivity contribution >= 4 is 50.3 Å². The van der Waals surface area contributed by atoms with Crippen LogP contribution in [0.4, 0.5) is 20.6 Å². The maximum absolute atomic E-state index is 12.5. The molecule has 0 saturated carbocycles. The first-order chi connectivity index (χ1) is 14.2. The number of hydrogen-bond acceptors (Lipinski definition) is 5. The highest BCUT2D eigenvalue weighted by atomic mass is 79.9. The number of anilines is 2. The van der Waals surface area contributed by atoms with Crippen molar-refractivity contribution < 1.29 is 18.7 Å². The smallest absolute Gasteiger partial charge is 0.407 e. The molecule has 10 heteroatoms. The lowest BCUT2D eigenvalue weighted by molar-refractivity contribution is -0.116. The first kappa shape index (κ1) is 22.3. The van der Waals surface area contributed by atoms with E-state index >= 15 is 0 Å². The molecule has 0 unspecified atom stereocenters. The van der Waals surface area contributed by atoms with Crippen molar-refractivity contribution in [1.29, 1.82) is 0 Å². The number of aromatic nitrogens is 2. The number of fused-ring (bicyclic) bond motifs is 1. The van der Waals surface area contributed by atoms with Crippen molar-refractivity contribution in [3.05, 3.63) is 16.9 Å². The Morgan fingerprint density at radius 2 is 2.20 bits per heavy atom. The van der Waals surface area contributed by atoms with Gasteiger partial charge >= 0.3 is 6.09 Å². The number of aromatic amines is 1. The van der Waals surface area contributed by atoms with E-state index in [4.69, 9.17) is 4.74 Å². The van der Waals surface area contributed by atoms with Crippen molar-refractivity contribution in [2.24, 2.45) is 0 Å². The molecule has 1 aliphatic heterocycles. The van der Waals surface area contributed by atoms with E-state index in [0.29, 0.717) is 17.9 Å². The summed E-state index contributed by atoms with van der Waals surface area (Å²) in [6.07, 6.45) is 4.44. The molecule has 3 N–H and O–H groups in total. The monoisotopic (exact) mass is 483 g/mol. The van der Waals surface area contributed by atoms with E-state index in [0.717, 1.165) is 34.9 Å². The summed E-state index contributed by atoms with van der Waals surface area (Å²) in [7, 11) is 0. The maximum atomic E-state index is 12.5. The molecular formula is C20H27BrFN5O3. The molecule has 0 radical (unpaired) electrons. The van der Waals surface area contributed by atoms with Crippen molar-refractivity contribution in [2.45, 2.75) is 51.7 Å². The van der Waals surface area contributed by atoms with E-state index in [9.17, 15) is 14.0 Å².